The molecule has 1 saturated heterocycles. The zero-order valence-corrected chi connectivity index (χ0v) is 18.4. The predicted molar refractivity (Wildman–Crippen MR) is 126 cm³/mol. The molecule has 0 unspecified atom stereocenters. The first-order chi connectivity index (χ1) is 15.1. The largest absolute Gasteiger partial charge is 0.405 e. The van der Waals surface area contributed by atoms with Gasteiger partial charge in [-0.1, -0.05) is 18.2 Å². The van der Waals surface area contributed by atoms with Crippen LogP contribution < -0.4 is 10.1 Å². The van der Waals surface area contributed by atoms with Crippen molar-refractivity contribution in [2.45, 2.75) is 20.4 Å². The fourth-order valence-corrected chi connectivity index (χ4v) is 3.24. The number of amides is 1. The van der Waals surface area contributed by atoms with Crippen molar-refractivity contribution in [1.82, 2.24) is 14.8 Å². The molecule has 0 bridgehead atoms. The zero-order chi connectivity index (χ0) is 22.1. The number of anilines is 1. The van der Waals surface area contributed by atoms with Crippen molar-refractivity contribution in [3.05, 3.63) is 53.6 Å². The number of benzene rings is 1. The summed E-state index contributed by atoms with van der Waals surface area (Å²) in [6.07, 6.45) is 1.61. The maximum Gasteiger partial charge on any atom is 0.318 e. The summed E-state index contributed by atoms with van der Waals surface area (Å²) in [5, 5.41) is 2.84. The number of carbonyl (C=O) groups excluding carboxylic acids is 1. The molecule has 0 radical (unpaired) electrons. The number of hydrogen-bond donors (Lipinski definition) is 1. The number of amidine groups is 1. The number of hydrogen-bond acceptors (Lipinski definition) is 6. The van der Waals surface area contributed by atoms with Crippen molar-refractivity contribution < 1.29 is 11.0 Å². The topological polar surface area (TPSA) is 82.4 Å². The molecule has 1 aliphatic heterocycles. The second-order valence-electron chi connectivity index (χ2n) is 7.34. The minimum Gasteiger partial charge on any atom is -0.405 e. The van der Waals surface area contributed by atoms with E-state index in [-0.39, 0.29) is 13.4 Å². The van der Waals surface area contributed by atoms with Gasteiger partial charge in [0.2, 0.25) is 5.88 Å². The molecule has 1 amide bonds. The lowest BCUT2D eigenvalue weighted by molar-refractivity contribution is 0.102. The van der Waals surface area contributed by atoms with Crippen LogP contribution in [0.1, 0.15) is 31.2 Å². The second kappa shape index (κ2) is 11.3. The monoisotopic (exact) mass is 424 g/mol. The van der Waals surface area contributed by atoms with Gasteiger partial charge in [-0.2, -0.15) is 4.98 Å². The number of pyridine rings is 1. The lowest BCUT2D eigenvalue weighted by Gasteiger charge is -2.32. The molecule has 2 aromatic rings. The molecule has 2 heterocycles. The van der Waals surface area contributed by atoms with Crippen LogP contribution in [0.4, 0.5) is 5.82 Å². The second-order valence-corrected chi connectivity index (χ2v) is 7.34. The van der Waals surface area contributed by atoms with Crippen molar-refractivity contribution >= 4 is 24.0 Å². The van der Waals surface area contributed by atoms with E-state index in [2.05, 4.69) is 43.2 Å². The number of nitrogens with one attached hydrogen (secondary N) is 1. The number of aliphatic imine (C=N–C) groups is 2. The van der Waals surface area contributed by atoms with E-state index in [0.29, 0.717) is 23.8 Å². The summed E-state index contributed by atoms with van der Waals surface area (Å²) >= 11 is 0. The molecule has 8 nitrogen and oxygen atoms in total. The Morgan fingerprint density at radius 2 is 2.00 bits per heavy atom. The van der Waals surface area contributed by atoms with Crippen LogP contribution in [-0.2, 0) is 6.54 Å². The highest BCUT2D eigenvalue weighted by molar-refractivity contribution is 6.03. The Balaban J connectivity index is 0.00000363. The first kappa shape index (κ1) is 22.6. The fraction of sp³-hybridized carbons (Fsp3) is 0.391. The Morgan fingerprint density at radius 1 is 1.23 bits per heavy atom. The molecule has 0 atom stereocenters. The van der Waals surface area contributed by atoms with E-state index in [9.17, 15) is 4.79 Å². The number of piperazine rings is 1. The van der Waals surface area contributed by atoms with Crippen LogP contribution in [0.15, 0.2) is 52.4 Å². The van der Waals surface area contributed by atoms with Crippen molar-refractivity contribution in [2.24, 2.45) is 9.98 Å². The molecule has 1 aromatic carbocycles. The molecule has 1 N–H and O–H groups in total. The summed E-state index contributed by atoms with van der Waals surface area (Å²) < 4.78 is 5.62. The minimum absolute atomic E-state index is 0. The summed E-state index contributed by atoms with van der Waals surface area (Å²) in [6.45, 7) is 9.29. The standard InChI is InChI=1S/C23H30N6O2.H2/c1-4-24-23(25-5-2)31-21-11-7-10-20(26-21)27-22(30)19-9-6-8-18(16-19)17-29-14-12-28(3)13-15-29;/h4,6-11,16H,5,12-15,17H2,1-3H3,(H,26,27,30);1H/b24-4-,25-23?;. The summed E-state index contributed by atoms with van der Waals surface area (Å²) in [7, 11) is 2.14. The maximum absolute atomic E-state index is 12.8. The quantitative estimate of drug-likeness (QED) is 0.569. The molecule has 1 aromatic heterocycles. The first-order valence-electron chi connectivity index (χ1n) is 10.6. The van der Waals surface area contributed by atoms with E-state index in [1.54, 1.807) is 31.3 Å². The molecule has 31 heavy (non-hydrogen) atoms. The number of carbonyl (C=O) groups is 1. The number of ether oxygens (including phenoxy) is 1. The van der Waals surface area contributed by atoms with E-state index in [1.807, 2.05) is 25.1 Å². The smallest absolute Gasteiger partial charge is 0.318 e. The summed E-state index contributed by atoms with van der Waals surface area (Å²) in [6, 6.07) is 13.1. The highest BCUT2D eigenvalue weighted by atomic mass is 16.5. The third kappa shape index (κ3) is 6.97. The Hall–Kier alpha value is -3.10. The van der Waals surface area contributed by atoms with Gasteiger partial charge in [-0.25, -0.2) is 9.98 Å². The Labute approximate surface area is 185 Å². The van der Waals surface area contributed by atoms with Crippen LogP contribution in [-0.4, -0.2) is 72.7 Å². The maximum atomic E-state index is 12.8. The molecule has 166 valence electrons. The van der Waals surface area contributed by atoms with Gasteiger partial charge >= 0.3 is 6.02 Å². The number of nitrogens with zero attached hydrogens (tertiary/aromatic N) is 5. The number of rotatable bonds is 6. The molecule has 1 fully saturated rings. The highest BCUT2D eigenvalue weighted by Crippen LogP contribution is 2.15. The lowest BCUT2D eigenvalue weighted by atomic mass is 10.1. The summed E-state index contributed by atoms with van der Waals surface area (Å²) in [5.41, 5.74) is 1.73. The van der Waals surface area contributed by atoms with E-state index in [1.165, 1.54) is 0 Å². The van der Waals surface area contributed by atoms with E-state index < -0.39 is 0 Å². The molecule has 1 aliphatic rings. The first-order valence-corrected chi connectivity index (χ1v) is 10.6. The molecule has 0 spiro atoms. The van der Waals surface area contributed by atoms with Gasteiger partial charge in [0.05, 0.1) is 0 Å². The zero-order valence-electron chi connectivity index (χ0n) is 18.4. The van der Waals surface area contributed by atoms with Gasteiger partial charge in [-0.15, -0.1) is 0 Å². The van der Waals surface area contributed by atoms with Crippen molar-refractivity contribution in [2.75, 3.05) is 45.1 Å². The SMILES string of the molecule is C/C=N\C(=NCC)Oc1cccc(NC(=O)c2cccc(CN3CCN(C)CC3)c2)n1.[HH]. The van der Waals surface area contributed by atoms with Gasteiger partial charge < -0.3 is 15.0 Å². The van der Waals surface area contributed by atoms with Crippen LogP contribution in [0.3, 0.4) is 0 Å². The van der Waals surface area contributed by atoms with E-state index in [4.69, 9.17) is 4.74 Å². The molecule has 0 aliphatic carbocycles. The van der Waals surface area contributed by atoms with E-state index >= 15 is 0 Å². The average molecular weight is 425 g/mol. The van der Waals surface area contributed by atoms with Crippen LogP contribution in [0, 0.1) is 0 Å². The molecule has 3 rings (SSSR count). The lowest BCUT2D eigenvalue weighted by Crippen LogP contribution is -2.43. The van der Waals surface area contributed by atoms with Gasteiger partial charge in [0.1, 0.15) is 5.82 Å². The van der Waals surface area contributed by atoms with Crippen molar-refractivity contribution in [3.63, 3.8) is 0 Å². The van der Waals surface area contributed by atoms with Crippen molar-refractivity contribution in [1.29, 1.82) is 0 Å². The minimum atomic E-state index is -0.209. The fourth-order valence-electron chi connectivity index (χ4n) is 3.24. The van der Waals surface area contributed by atoms with Crippen molar-refractivity contribution in [3.8, 4) is 5.88 Å². The third-order valence-corrected chi connectivity index (χ3v) is 4.89. The summed E-state index contributed by atoms with van der Waals surface area (Å²) in [4.78, 5) is 30.1. The molecular formula is C23H32N6O2. The summed E-state index contributed by atoms with van der Waals surface area (Å²) in [5.74, 6) is 0.515. The molecule has 0 saturated carbocycles. The van der Waals surface area contributed by atoms with E-state index in [0.717, 1.165) is 38.3 Å². The Bertz CT molecular complexity index is 942. The Kier molecular flexibility index (Phi) is 8.26. The number of aromatic nitrogens is 1. The number of likely N-dealkylation sites (N-methyl/N-ethyl adjacent to an activating group) is 1. The van der Waals surface area contributed by atoms with Gasteiger partial charge in [-0.3, -0.25) is 9.69 Å². The normalized spacial score (nSPS) is 15.9. The highest BCUT2D eigenvalue weighted by Gasteiger charge is 2.15. The van der Waals surface area contributed by atoms with Crippen LogP contribution in [0.5, 0.6) is 5.88 Å². The predicted octanol–water partition coefficient (Wildman–Crippen LogP) is 3.17. The third-order valence-electron chi connectivity index (χ3n) is 4.89. The molecule has 8 heteroatoms. The van der Waals surface area contributed by atoms with Gasteiger partial charge in [0.15, 0.2) is 0 Å². The van der Waals surface area contributed by atoms with Gasteiger partial charge in [-0.05, 0) is 44.7 Å². The Morgan fingerprint density at radius 3 is 2.74 bits per heavy atom. The van der Waals surface area contributed by atoms with Gasteiger partial charge in [0.25, 0.3) is 5.91 Å². The van der Waals surface area contributed by atoms with Gasteiger partial charge in [0, 0.05) is 58.5 Å². The molecular weight excluding hydrogens is 392 g/mol. The van der Waals surface area contributed by atoms with Crippen LogP contribution >= 0.6 is 0 Å². The van der Waals surface area contributed by atoms with Crippen LogP contribution in [0.25, 0.3) is 0 Å². The average Bonchev–Trinajstić information content (AvgIpc) is 2.76. The van der Waals surface area contributed by atoms with Crippen LogP contribution in [0.2, 0.25) is 0 Å².